The third-order valence-electron chi connectivity index (χ3n) is 12.0. The van der Waals surface area contributed by atoms with Gasteiger partial charge in [-0.25, -0.2) is 13.8 Å². The maximum atomic E-state index is 15.4. The van der Waals surface area contributed by atoms with Gasteiger partial charge in [-0.2, -0.15) is 18.4 Å². The van der Waals surface area contributed by atoms with Crippen LogP contribution in [0.3, 0.4) is 0 Å². The minimum Gasteiger partial charge on any atom is -0.494 e. The summed E-state index contributed by atoms with van der Waals surface area (Å²) in [7, 11) is 0. The first-order valence-corrected chi connectivity index (χ1v) is 22.5. The quantitative estimate of drug-likeness (QED) is 0.0425. The first kappa shape index (κ1) is 50.5. The summed E-state index contributed by atoms with van der Waals surface area (Å²) in [4.78, 5) is 42.8. The molecule has 2 aliphatic rings. The second kappa shape index (κ2) is 20.3. The summed E-state index contributed by atoms with van der Waals surface area (Å²) < 4.78 is 81.8. The smallest absolute Gasteiger partial charge is 0.420 e. The minimum atomic E-state index is -5.20. The van der Waals surface area contributed by atoms with Crippen LogP contribution in [0.4, 0.5) is 33.3 Å². The van der Waals surface area contributed by atoms with Gasteiger partial charge in [-0.15, -0.1) is 0 Å². The zero-order chi connectivity index (χ0) is 50.0. The van der Waals surface area contributed by atoms with Gasteiger partial charge in [0.25, 0.3) is 5.91 Å². The summed E-state index contributed by atoms with van der Waals surface area (Å²) >= 11 is 5.53. The summed E-state index contributed by atoms with van der Waals surface area (Å²) in [5, 5.41) is 34.2. The first-order chi connectivity index (χ1) is 32.6. The fraction of sp³-hybridized carbons (Fsp3) is 0.388. The van der Waals surface area contributed by atoms with Crippen LogP contribution in [-0.4, -0.2) is 97.3 Å². The van der Waals surface area contributed by atoms with E-state index in [0.29, 0.717) is 65.0 Å². The number of carbonyl (C=O) groups is 2. The Hall–Kier alpha value is -6.37. The number of aliphatic hydroxyl groups excluding tert-OH is 2. The summed E-state index contributed by atoms with van der Waals surface area (Å²) in [6.45, 7) is 9.28. The fourth-order valence-corrected chi connectivity index (χ4v) is 8.96. The van der Waals surface area contributed by atoms with Crippen LogP contribution in [0.1, 0.15) is 76.9 Å². The molecule has 0 radical (unpaired) electrons. The van der Waals surface area contributed by atoms with Crippen LogP contribution < -0.4 is 19.9 Å². The summed E-state index contributed by atoms with van der Waals surface area (Å²) in [5.74, 6) is -2.20. The van der Waals surface area contributed by atoms with Gasteiger partial charge in [-0.05, 0) is 124 Å². The van der Waals surface area contributed by atoms with Crippen molar-refractivity contribution in [1.29, 1.82) is 5.26 Å². The van der Waals surface area contributed by atoms with Crippen molar-refractivity contribution in [2.24, 2.45) is 5.41 Å². The highest BCUT2D eigenvalue weighted by atomic mass is 32.1. The number of halogens is 5. The molecule has 2 aromatic heterocycles. The number of hydrogen-bond acceptors (Lipinski definition) is 11. The number of nitrogens with one attached hydrogen (secondary N) is 2. The second-order valence-electron chi connectivity index (χ2n) is 18.4. The van der Waals surface area contributed by atoms with Crippen LogP contribution in [0, 0.1) is 28.4 Å². The average molecular weight is 975 g/mol. The van der Waals surface area contributed by atoms with Crippen molar-refractivity contribution in [3.63, 3.8) is 0 Å². The Balaban J connectivity index is 0.868. The molecule has 4 atom stereocenters. The molecule has 14 nitrogen and oxygen atoms in total. The molecule has 2 fully saturated rings. The predicted molar refractivity (Wildman–Crippen MR) is 249 cm³/mol. The zero-order valence-electron chi connectivity index (χ0n) is 38.4. The minimum absolute atomic E-state index is 0.160. The third-order valence-corrected chi connectivity index (χ3v) is 12.4. The van der Waals surface area contributed by atoms with Crippen LogP contribution in [0.15, 0.2) is 85.2 Å². The Morgan fingerprint density at radius 3 is 2.30 bits per heavy atom. The predicted octanol–water partition coefficient (Wildman–Crippen LogP) is 8.06. The van der Waals surface area contributed by atoms with Crippen LogP contribution >= 0.6 is 12.2 Å². The van der Waals surface area contributed by atoms with E-state index in [9.17, 15) is 42.6 Å². The largest absolute Gasteiger partial charge is 0.494 e. The van der Waals surface area contributed by atoms with Crippen molar-refractivity contribution >= 4 is 40.5 Å². The van der Waals surface area contributed by atoms with Crippen molar-refractivity contribution in [1.82, 2.24) is 25.2 Å². The third kappa shape index (κ3) is 10.9. The molecule has 0 spiro atoms. The number of hydrogen-bond donors (Lipinski definition) is 4. The molecule has 4 N–H and O–H groups in total. The lowest BCUT2D eigenvalue weighted by Crippen LogP contribution is -2.58. The van der Waals surface area contributed by atoms with Gasteiger partial charge in [0.1, 0.15) is 41.3 Å². The molecule has 1 unspecified atom stereocenters. The molecule has 4 heterocycles. The number of likely N-dealkylation sites (tertiary alicyclic amines) is 1. The van der Waals surface area contributed by atoms with Gasteiger partial charge >= 0.3 is 6.18 Å². The van der Waals surface area contributed by atoms with Gasteiger partial charge in [0, 0.05) is 30.5 Å². The number of imidazole rings is 1. The van der Waals surface area contributed by atoms with Crippen LogP contribution in [-0.2, 0) is 20.5 Å². The molecule has 0 aliphatic carbocycles. The Bertz CT molecular complexity index is 2710. The van der Waals surface area contributed by atoms with Crippen LogP contribution in [0.2, 0.25) is 0 Å². The molecule has 0 bridgehead atoms. The highest BCUT2D eigenvalue weighted by molar-refractivity contribution is 7.81. The van der Waals surface area contributed by atoms with E-state index in [-0.39, 0.29) is 30.7 Å². The van der Waals surface area contributed by atoms with Crippen molar-refractivity contribution in [3.05, 3.63) is 114 Å². The summed E-state index contributed by atoms with van der Waals surface area (Å²) in [6.07, 6.45) is -2.42. The van der Waals surface area contributed by atoms with Gasteiger partial charge in [0.15, 0.2) is 10.9 Å². The number of β-amino-alcohol motifs (C(OH)–C–C–N with tert-alkyl or cyclic N) is 1. The number of H-pyrrole nitrogens is 1. The van der Waals surface area contributed by atoms with E-state index in [1.54, 1.807) is 59.6 Å². The highest BCUT2D eigenvalue weighted by Crippen LogP contribution is 2.42. The summed E-state index contributed by atoms with van der Waals surface area (Å²) in [5.41, 5.74) is -2.52. The average Bonchev–Trinajstić information content (AvgIpc) is 3.99. The number of nitrogens with zero attached hydrogens (tertiary/aromatic N) is 6. The number of aromatic amines is 1. The number of ether oxygens (including phenoxy) is 2. The number of aliphatic hydroxyl groups is 2. The molecule has 69 heavy (non-hydrogen) atoms. The van der Waals surface area contributed by atoms with E-state index in [0.717, 1.165) is 17.7 Å². The zero-order valence-corrected chi connectivity index (χ0v) is 39.2. The number of carbonyl (C=O) groups excluding carboxylic acids is 2. The number of nitriles is 1. The summed E-state index contributed by atoms with van der Waals surface area (Å²) in [6, 6.07) is 18.3. The monoisotopic (exact) mass is 974 g/mol. The van der Waals surface area contributed by atoms with Gasteiger partial charge < -0.3 is 34.9 Å². The highest BCUT2D eigenvalue weighted by Gasteiger charge is 2.52. The fourth-order valence-electron chi connectivity index (χ4n) is 8.44. The van der Waals surface area contributed by atoms with Crippen molar-refractivity contribution in [2.75, 3.05) is 36.2 Å². The van der Waals surface area contributed by atoms with Gasteiger partial charge in [-0.1, -0.05) is 20.8 Å². The van der Waals surface area contributed by atoms with Gasteiger partial charge in [0.05, 0.1) is 65.4 Å². The van der Waals surface area contributed by atoms with E-state index in [1.807, 2.05) is 20.8 Å². The number of anilines is 2. The standard InChI is InChI=1S/C49H51F5N8O6S/c1-47(2,3)42(44(65)60-26-33(63)22-38(60)43-57-25-36(58-43)29-8-13-31(50)14-9-29)59-39(64)27-67-20-6-7-21-68-34-16-10-28(11-17-34)35-18-15-32(24-56-35)62-46(69)61(45(66)48(62,4)5)37-19-12-30(23-55)40(41(37)51)49(52,53)54/h8-19,24-25,33,38,42,44,63,65H,6-7,20-22,26-27H2,1-5H3,(H,57,58)(H,59,64)/t33-,38+,42-,44?/m1/s1. The molecule has 2 aliphatic heterocycles. The first-order valence-electron chi connectivity index (χ1n) is 22.1. The Kier molecular flexibility index (Phi) is 14.9. The maximum absolute atomic E-state index is 15.4. The van der Waals surface area contributed by atoms with E-state index in [4.69, 9.17) is 21.7 Å². The molecule has 2 saturated heterocycles. The van der Waals surface area contributed by atoms with E-state index >= 15 is 4.39 Å². The number of alkyl halides is 3. The van der Waals surface area contributed by atoms with Gasteiger partial charge in [-0.3, -0.25) is 24.4 Å². The SMILES string of the molecule is CC(C)(C)[C@H](NC(=O)COCCCCOc1ccc(-c2ccc(N3C(=S)N(c4ccc(C#N)c(C(F)(F)F)c4F)C(=O)C3(C)C)cn2)cc1)C(O)N1C[C@H](O)C[C@H]1c1nc(-c2ccc(F)cc2)c[nH]1. The molecule has 2 amide bonds. The lowest BCUT2D eigenvalue weighted by molar-refractivity contribution is -0.140. The molecule has 5 aromatic rings. The topological polar surface area (TPSA) is 180 Å². The molecule has 3 aromatic carbocycles. The molecule has 7 rings (SSSR count). The van der Waals surface area contributed by atoms with Crippen molar-refractivity contribution < 1.29 is 51.2 Å². The van der Waals surface area contributed by atoms with Crippen LogP contribution in [0.5, 0.6) is 5.75 Å². The van der Waals surface area contributed by atoms with Crippen molar-refractivity contribution in [2.45, 2.75) is 90.0 Å². The molecule has 0 saturated carbocycles. The van der Waals surface area contributed by atoms with E-state index < -0.39 is 76.0 Å². The molecule has 364 valence electrons. The number of pyridine rings is 1. The molecule has 20 heteroatoms. The number of thiocarbonyl (C=S) groups is 1. The normalized spacial score (nSPS) is 18.4. The Morgan fingerprint density at radius 1 is 1.00 bits per heavy atom. The van der Waals surface area contributed by atoms with Gasteiger partial charge in [0.2, 0.25) is 5.91 Å². The van der Waals surface area contributed by atoms with Crippen molar-refractivity contribution in [3.8, 4) is 34.3 Å². The second-order valence-corrected chi connectivity index (χ2v) is 18.8. The van der Waals surface area contributed by atoms with E-state index in [1.165, 1.54) is 43.1 Å². The number of amides is 2. The Morgan fingerprint density at radius 2 is 1.67 bits per heavy atom. The number of benzene rings is 3. The molecular weight excluding hydrogens is 924 g/mol. The lowest BCUT2D eigenvalue weighted by atomic mass is 9.85. The maximum Gasteiger partial charge on any atom is 0.420 e. The lowest BCUT2D eigenvalue weighted by Gasteiger charge is -2.40. The number of aromatic nitrogens is 3. The number of rotatable bonds is 16. The van der Waals surface area contributed by atoms with Crippen LogP contribution in [0.25, 0.3) is 22.5 Å². The van der Waals surface area contributed by atoms with E-state index in [2.05, 4.69) is 20.3 Å². The Labute approximate surface area is 400 Å². The number of unbranched alkanes of at least 4 members (excludes halogenated alkanes) is 1. The molecular formula is C49H51F5N8O6S.